The van der Waals surface area contributed by atoms with Gasteiger partial charge in [0.2, 0.25) is 5.91 Å². The molecule has 2 heterocycles. The van der Waals surface area contributed by atoms with Crippen LogP contribution in [0.4, 0.5) is 0 Å². The van der Waals surface area contributed by atoms with Crippen molar-refractivity contribution < 1.29 is 4.79 Å². The largest absolute Gasteiger partial charge is 0.352 e. The van der Waals surface area contributed by atoms with E-state index in [-0.39, 0.29) is 24.1 Å². The van der Waals surface area contributed by atoms with E-state index in [4.69, 9.17) is 0 Å². The molecule has 5 rings (SSSR count). The highest BCUT2D eigenvalue weighted by atomic mass is 32.1. The average Bonchev–Trinajstić information content (AvgIpc) is 3.27. The van der Waals surface area contributed by atoms with Crippen molar-refractivity contribution in [3.05, 3.63) is 76.7 Å². The first-order chi connectivity index (χ1) is 15.7. The van der Waals surface area contributed by atoms with Crippen LogP contribution in [0.15, 0.2) is 71.1 Å². The lowest BCUT2D eigenvalue weighted by Crippen LogP contribution is -2.39. The van der Waals surface area contributed by atoms with Crippen molar-refractivity contribution >= 4 is 27.5 Å². The van der Waals surface area contributed by atoms with Gasteiger partial charge in [0.05, 0.1) is 11.7 Å². The topological polar surface area (TPSA) is 64.0 Å². The summed E-state index contributed by atoms with van der Waals surface area (Å²) in [5.41, 5.74) is 3.95. The number of rotatable bonds is 5. The summed E-state index contributed by atoms with van der Waals surface area (Å²) in [6.07, 6.45) is 7.07. The van der Waals surface area contributed by atoms with Gasteiger partial charge in [-0.3, -0.25) is 14.2 Å². The Bertz CT molecular complexity index is 1290. The van der Waals surface area contributed by atoms with Crippen LogP contribution in [-0.2, 0) is 11.3 Å². The molecule has 1 saturated carbocycles. The van der Waals surface area contributed by atoms with Gasteiger partial charge in [0.1, 0.15) is 11.4 Å². The molecule has 1 amide bonds. The lowest BCUT2D eigenvalue weighted by molar-refractivity contribution is -0.122. The fourth-order valence-corrected chi connectivity index (χ4v) is 5.35. The summed E-state index contributed by atoms with van der Waals surface area (Å²) in [4.78, 5) is 30.9. The molecule has 1 aliphatic rings. The van der Waals surface area contributed by atoms with Crippen LogP contribution in [0.5, 0.6) is 0 Å². The van der Waals surface area contributed by atoms with Gasteiger partial charge in [0.25, 0.3) is 5.56 Å². The van der Waals surface area contributed by atoms with Crippen molar-refractivity contribution in [2.75, 3.05) is 0 Å². The van der Waals surface area contributed by atoms with Crippen molar-refractivity contribution in [2.45, 2.75) is 44.7 Å². The number of aromatic nitrogens is 2. The Kier molecular flexibility index (Phi) is 5.86. The normalized spacial score (nSPS) is 14.5. The third-order valence-electron chi connectivity index (χ3n) is 6.15. The molecule has 2 aromatic carbocycles. The van der Waals surface area contributed by atoms with Crippen molar-refractivity contribution in [1.29, 1.82) is 0 Å². The summed E-state index contributed by atoms with van der Waals surface area (Å²) >= 11 is 1.45. The number of nitrogens with zero attached hydrogens (tertiary/aromatic N) is 2. The maximum absolute atomic E-state index is 13.2. The van der Waals surface area contributed by atoms with Crippen molar-refractivity contribution in [2.24, 2.45) is 0 Å². The van der Waals surface area contributed by atoms with Gasteiger partial charge in [-0.1, -0.05) is 73.9 Å². The van der Waals surface area contributed by atoms with Crippen LogP contribution in [0, 0.1) is 0 Å². The third kappa shape index (κ3) is 4.23. The molecule has 1 aliphatic carbocycles. The van der Waals surface area contributed by atoms with Crippen LogP contribution < -0.4 is 10.9 Å². The first-order valence-electron chi connectivity index (χ1n) is 11.1. The van der Waals surface area contributed by atoms with Crippen LogP contribution in [-0.4, -0.2) is 21.5 Å². The number of fused-ring (bicyclic) bond motifs is 1. The summed E-state index contributed by atoms with van der Waals surface area (Å²) in [5.74, 6) is -0.121. The van der Waals surface area contributed by atoms with Gasteiger partial charge < -0.3 is 5.32 Å². The molecule has 162 valence electrons. The predicted molar refractivity (Wildman–Crippen MR) is 130 cm³/mol. The van der Waals surface area contributed by atoms with E-state index in [0.717, 1.165) is 47.9 Å². The highest BCUT2D eigenvalue weighted by molar-refractivity contribution is 7.17. The quantitative estimate of drug-likeness (QED) is 0.459. The number of nitrogens with one attached hydrogen (secondary N) is 1. The monoisotopic (exact) mass is 443 g/mol. The Morgan fingerprint density at radius 2 is 1.66 bits per heavy atom. The van der Waals surface area contributed by atoms with Crippen LogP contribution in [0.3, 0.4) is 0 Å². The number of thiophene rings is 1. The van der Waals surface area contributed by atoms with E-state index in [1.807, 2.05) is 35.7 Å². The zero-order chi connectivity index (χ0) is 21.9. The first kappa shape index (κ1) is 20.6. The summed E-state index contributed by atoms with van der Waals surface area (Å²) in [7, 11) is 0. The Hall–Kier alpha value is -3.25. The van der Waals surface area contributed by atoms with Crippen molar-refractivity contribution in [1.82, 2.24) is 14.9 Å². The summed E-state index contributed by atoms with van der Waals surface area (Å²) in [6, 6.07) is 18.6. The van der Waals surface area contributed by atoms with Crippen molar-refractivity contribution in [3.8, 4) is 22.3 Å². The molecule has 1 N–H and O–H groups in total. The minimum Gasteiger partial charge on any atom is -0.352 e. The Balaban J connectivity index is 1.41. The number of benzene rings is 2. The van der Waals surface area contributed by atoms with E-state index in [9.17, 15) is 9.59 Å². The first-order valence-corrected chi connectivity index (χ1v) is 12.0. The van der Waals surface area contributed by atoms with E-state index in [2.05, 4.69) is 34.6 Å². The van der Waals surface area contributed by atoms with Gasteiger partial charge in [-0.2, -0.15) is 0 Å². The van der Waals surface area contributed by atoms with E-state index < -0.39 is 0 Å². The van der Waals surface area contributed by atoms with Crippen LogP contribution >= 0.6 is 11.3 Å². The van der Waals surface area contributed by atoms with Gasteiger partial charge in [0, 0.05) is 17.0 Å². The molecule has 0 radical (unpaired) electrons. The molecule has 5 nitrogen and oxygen atoms in total. The number of carbonyl (C=O) groups is 1. The maximum atomic E-state index is 13.2. The molecule has 2 aromatic heterocycles. The van der Waals surface area contributed by atoms with Gasteiger partial charge in [0.15, 0.2) is 0 Å². The number of carbonyl (C=O) groups excluding carboxylic acids is 1. The van der Waals surface area contributed by atoms with Gasteiger partial charge in [-0.05, 0) is 29.5 Å². The molecular weight excluding hydrogens is 418 g/mol. The Morgan fingerprint density at radius 1 is 0.969 bits per heavy atom. The highest BCUT2D eigenvalue weighted by Gasteiger charge is 2.18. The van der Waals surface area contributed by atoms with Crippen LogP contribution in [0.1, 0.15) is 32.1 Å². The smallest absolute Gasteiger partial charge is 0.263 e. The fourth-order valence-electron chi connectivity index (χ4n) is 4.44. The third-order valence-corrected chi connectivity index (χ3v) is 7.03. The molecular formula is C26H25N3O2S. The fraction of sp³-hybridized carbons (Fsp3) is 0.269. The lowest BCUT2D eigenvalue weighted by atomic mass is 9.95. The highest BCUT2D eigenvalue weighted by Crippen LogP contribution is 2.32. The SMILES string of the molecule is O=C(Cn1cnc2scc(-c3ccc(-c4ccccc4)cc3)c2c1=O)NC1CCCCC1. The molecule has 0 spiro atoms. The van der Waals surface area contributed by atoms with E-state index >= 15 is 0 Å². The standard InChI is InChI=1S/C26H25N3O2S/c30-23(28-21-9-5-2-6-10-21)15-29-17-27-25-24(26(29)31)22(16-32-25)20-13-11-19(12-14-20)18-7-3-1-4-8-18/h1,3-4,7-8,11-14,16-17,21H,2,5-6,9-10,15H2,(H,28,30). The van der Waals surface area contributed by atoms with Crippen LogP contribution in [0.25, 0.3) is 32.5 Å². The minimum atomic E-state index is -0.169. The Labute approximate surface area is 190 Å². The number of hydrogen-bond donors (Lipinski definition) is 1. The molecule has 6 heteroatoms. The second-order valence-electron chi connectivity index (χ2n) is 8.35. The second-order valence-corrected chi connectivity index (χ2v) is 9.21. The van der Waals surface area contributed by atoms with Gasteiger partial charge in [-0.15, -0.1) is 11.3 Å². The minimum absolute atomic E-state index is 0.000501. The zero-order valence-electron chi connectivity index (χ0n) is 17.8. The maximum Gasteiger partial charge on any atom is 0.263 e. The average molecular weight is 444 g/mol. The second kappa shape index (κ2) is 9.09. The van der Waals surface area contributed by atoms with E-state index in [0.29, 0.717) is 10.2 Å². The molecule has 0 bridgehead atoms. The predicted octanol–water partition coefficient (Wildman–Crippen LogP) is 5.24. The van der Waals surface area contributed by atoms with Gasteiger partial charge >= 0.3 is 0 Å². The van der Waals surface area contributed by atoms with E-state index in [1.54, 1.807) is 0 Å². The Morgan fingerprint density at radius 3 is 2.41 bits per heavy atom. The molecule has 0 atom stereocenters. The van der Waals surface area contributed by atoms with E-state index in [1.165, 1.54) is 28.7 Å². The summed E-state index contributed by atoms with van der Waals surface area (Å²) in [5, 5.41) is 5.64. The molecule has 4 aromatic rings. The lowest BCUT2D eigenvalue weighted by Gasteiger charge is -2.22. The molecule has 32 heavy (non-hydrogen) atoms. The summed E-state index contributed by atoms with van der Waals surface area (Å²) in [6.45, 7) is 0.000501. The number of hydrogen-bond acceptors (Lipinski definition) is 4. The zero-order valence-corrected chi connectivity index (χ0v) is 18.6. The molecule has 0 unspecified atom stereocenters. The molecule has 0 aliphatic heterocycles. The molecule has 1 fully saturated rings. The number of amides is 1. The molecule has 0 saturated heterocycles. The summed E-state index contributed by atoms with van der Waals surface area (Å²) < 4.78 is 1.43. The van der Waals surface area contributed by atoms with Gasteiger partial charge in [-0.25, -0.2) is 4.98 Å². The van der Waals surface area contributed by atoms with Crippen molar-refractivity contribution in [3.63, 3.8) is 0 Å². The van der Waals surface area contributed by atoms with Crippen LogP contribution in [0.2, 0.25) is 0 Å².